The molecule has 1 aliphatic heterocycles. The number of nitriles is 1. The van der Waals surface area contributed by atoms with Crippen LogP contribution in [0.1, 0.15) is 37.8 Å². The lowest BCUT2D eigenvalue weighted by Gasteiger charge is -2.39. The number of anilines is 2. The summed E-state index contributed by atoms with van der Waals surface area (Å²) in [5.74, 6) is 1.96. The Kier molecular flexibility index (Phi) is 6.38. The Labute approximate surface area is 236 Å². The molecule has 5 heterocycles. The molecule has 0 saturated carbocycles. The number of amides is 1. The van der Waals surface area contributed by atoms with Gasteiger partial charge < -0.3 is 15.0 Å². The molecule has 0 radical (unpaired) electrons. The van der Waals surface area contributed by atoms with Crippen LogP contribution >= 0.6 is 0 Å². The van der Waals surface area contributed by atoms with Crippen LogP contribution in [0.3, 0.4) is 0 Å². The molecule has 1 amide bonds. The molecule has 0 unspecified atom stereocenters. The van der Waals surface area contributed by atoms with Gasteiger partial charge in [0.2, 0.25) is 0 Å². The molecule has 0 atom stereocenters. The second-order valence-corrected chi connectivity index (χ2v) is 11.2. The van der Waals surface area contributed by atoms with E-state index in [2.05, 4.69) is 31.6 Å². The number of hydrogen-bond donors (Lipinski definition) is 1. The van der Waals surface area contributed by atoms with Crippen LogP contribution in [0.25, 0.3) is 11.2 Å². The fourth-order valence-corrected chi connectivity index (χ4v) is 4.95. The number of rotatable bonds is 6. The Morgan fingerprint density at radius 3 is 2.59 bits per heavy atom. The quantitative estimate of drug-likeness (QED) is 0.232. The first kappa shape index (κ1) is 26.0. The molecule has 41 heavy (non-hydrogen) atoms. The standard InChI is InChI=1S/C30H29N9O2/c1-19-11-22(5-6-25(19)41-23-7-9-38-26(12-23)32-17-34-38)36-28-27-24(8-10-39(27)35-18-33-28)21-15-37(16-21)29(40)20(14-31)13-30(2,3)4/h5-13,17-18,21H,15-16H2,1-4H3,(H,33,35,36). The average molecular weight is 548 g/mol. The first-order chi connectivity index (χ1) is 19.7. The van der Waals surface area contributed by atoms with Crippen molar-refractivity contribution in [3.63, 3.8) is 0 Å². The number of aromatic nitrogens is 6. The van der Waals surface area contributed by atoms with Crippen LogP contribution in [-0.2, 0) is 4.79 Å². The predicted molar refractivity (Wildman–Crippen MR) is 153 cm³/mol. The Bertz CT molecular complexity index is 1850. The molecule has 4 aromatic heterocycles. The summed E-state index contributed by atoms with van der Waals surface area (Å²) in [4.78, 5) is 23.4. The van der Waals surface area contributed by atoms with Gasteiger partial charge in [0.15, 0.2) is 11.5 Å². The van der Waals surface area contributed by atoms with E-state index in [0.717, 1.165) is 28.1 Å². The first-order valence-corrected chi connectivity index (χ1v) is 13.3. The van der Waals surface area contributed by atoms with E-state index in [-0.39, 0.29) is 22.8 Å². The third-order valence-electron chi connectivity index (χ3n) is 6.94. The highest BCUT2D eigenvalue weighted by molar-refractivity contribution is 5.98. The third-order valence-corrected chi connectivity index (χ3v) is 6.94. The monoisotopic (exact) mass is 547 g/mol. The Hall–Kier alpha value is -5.24. The van der Waals surface area contributed by atoms with Gasteiger partial charge in [-0.2, -0.15) is 15.5 Å². The van der Waals surface area contributed by atoms with E-state index < -0.39 is 0 Å². The van der Waals surface area contributed by atoms with Crippen LogP contribution in [0.15, 0.2) is 73.1 Å². The number of likely N-dealkylation sites (tertiary alicyclic amines) is 1. The molecule has 1 aromatic carbocycles. The Morgan fingerprint density at radius 1 is 1.07 bits per heavy atom. The number of nitrogens with one attached hydrogen (secondary N) is 1. The summed E-state index contributed by atoms with van der Waals surface area (Å²) >= 11 is 0. The van der Waals surface area contributed by atoms with E-state index in [1.165, 1.54) is 12.7 Å². The molecular formula is C30H29N9O2. The van der Waals surface area contributed by atoms with Crippen LogP contribution in [-0.4, -0.2) is 53.1 Å². The highest BCUT2D eigenvalue weighted by Crippen LogP contribution is 2.35. The van der Waals surface area contributed by atoms with Crippen molar-refractivity contribution in [3.05, 3.63) is 84.2 Å². The lowest BCUT2D eigenvalue weighted by atomic mass is 9.89. The number of hydrogen-bond acceptors (Lipinski definition) is 8. The highest BCUT2D eigenvalue weighted by Gasteiger charge is 2.35. The van der Waals surface area contributed by atoms with Crippen LogP contribution in [0.4, 0.5) is 11.5 Å². The number of aryl methyl sites for hydroxylation is 1. The smallest absolute Gasteiger partial charge is 0.264 e. The number of allylic oxidation sites excluding steroid dienone is 1. The zero-order chi connectivity index (χ0) is 28.7. The Morgan fingerprint density at radius 2 is 1.83 bits per heavy atom. The molecule has 1 N–H and O–H groups in total. The van der Waals surface area contributed by atoms with Gasteiger partial charge in [-0.25, -0.2) is 19.0 Å². The molecule has 11 nitrogen and oxygen atoms in total. The van der Waals surface area contributed by atoms with Gasteiger partial charge in [0.25, 0.3) is 5.91 Å². The summed E-state index contributed by atoms with van der Waals surface area (Å²) in [6.45, 7) is 8.96. The second kappa shape index (κ2) is 10.1. The van der Waals surface area contributed by atoms with Crippen molar-refractivity contribution >= 4 is 28.6 Å². The molecule has 5 aromatic rings. The topological polar surface area (TPSA) is 126 Å². The van der Waals surface area contributed by atoms with E-state index in [9.17, 15) is 10.1 Å². The number of carbonyl (C=O) groups excluding carboxylic acids is 1. The molecule has 0 bridgehead atoms. The van der Waals surface area contributed by atoms with E-state index >= 15 is 0 Å². The molecular weight excluding hydrogens is 518 g/mol. The van der Waals surface area contributed by atoms with Gasteiger partial charge in [0.1, 0.15) is 41.3 Å². The molecule has 11 heteroatoms. The number of carbonyl (C=O) groups is 1. The van der Waals surface area contributed by atoms with Crippen LogP contribution < -0.4 is 10.1 Å². The lowest BCUT2D eigenvalue weighted by molar-refractivity contribution is -0.131. The second-order valence-electron chi connectivity index (χ2n) is 11.2. The van der Waals surface area contributed by atoms with Crippen molar-refractivity contribution in [3.8, 4) is 17.6 Å². The van der Waals surface area contributed by atoms with Crippen molar-refractivity contribution < 1.29 is 9.53 Å². The van der Waals surface area contributed by atoms with E-state index in [4.69, 9.17) is 4.74 Å². The van der Waals surface area contributed by atoms with Crippen LogP contribution in [0.2, 0.25) is 0 Å². The fourth-order valence-electron chi connectivity index (χ4n) is 4.95. The maximum Gasteiger partial charge on any atom is 0.264 e. The number of nitrogens with zero attached hydrogens (tertiary/aromatic N) is 8. The van der Waals surface area contributed by atoms with Crippen molar-refractivity contribution in [2.45, 2.75) is 33.6 Å². The first-order valence-electron chi connectivity index (χ1n) is 13.3. The maximum atomic E-state index is 12.9. The van der Waals surface area contributed by atoms with Crippen molar-refractivity contribution in [2.75, 3.05) is 18.4 Å². The summed E-state index contributed by atoms with van der Waals surface area (Å²) in [5.41, 5.74) is 4.35. The number of ether oxygens (including phenoxy) is 1. The summed E-state index contributed by atoms with van der Waals surface area (Å²) < 4.78 is 9.58. The number of fused-ring (bicyclic) bond motifs is 2. The molecule has 1 fully saturated rings. The molecule has 0 aliphatic carbocycles. The summed E-state index contributed by atoms with van der Waals surface area (Å²) in [5, 5.41) is 21.5. The van der Waals surface area contributed by atoms with Gasteiger partial charge in [-0.15, -0.1) is 0 Å². The van der Waals surface area contributed by atoms with E-state index in [0.29, 0.717) is 30.3 Å². The van der Waals surface area contributed by atoms with Crippen molar-refractivity contribution in [1.29, 1.82) is 5.26 Å². The largest absolute Gasteiger partial charge is 0.457 e. The van der Waals surface area contributed by atoms with E-state index in [1.54, 1.807) is 26.2 Å². The maximum absolute atomic E-state index is 12.9. The summed E-state index contributed by atoms with van der Waals surface area (Å²) in [7, 11) is 0. The summed E-state index contributed by atoms with van der Waals surface area (Å²) in [6.07, 6.45) is 8.45. The summed E-state index contributed by atoms with van der Waals surface area (Å²) in [6, 6.07) is 13.6. The fraction of sp³-hybridized carbons (Fsp3) is 0.267. The predicted octanol–water partition coefficient (Wildman–Crippen LogP) is 5.04. The molecule has 206 valence electrons. The van der Waals surface area contributed by atoms with Crippen molar-refractivity contribution in [1.82, 2.24) is 34.1 Å². The molecule has 1 saturated heterocycles. The van der Waals surface area contributed by atoms with Crippen molar-refractivity contribution in [2.24, 2.45) is 5.41 Å². The average Bonchev–Trinajstić information content (AvgIpc) is 3.55. The van der Waals surface area contributed by atoms with Gasteiger partial charge in [-0.3, -0.25) is 4.79 Å². The van der Waals surface area contributed by atoms with Crippen LogP contribution in [0.5, 0.6) is 11.5 Å². The third kappa shape index (κ3) is 5.19. The highest BCUT2D eigenvalue weighted by atomic mass is 16.5. The minimum atomic E-state index is -0.254. The molecule has 6 rings (SSSR count). The van der Waals surface area contributed by atoms with Gasteiger partial charge in [0, 0.05) is 43.2 Å². The lowest BCUT2D eigenvalue weighted by Crippen LogP contribution is -2.49. The van der Waals surface area contributed by atoms with Gasteiger partial charge >= 0.3 is 0 Å². The van der Waals surface area contributed by atoms with Gasteiger partial charge in [-0.1, -0.05) is 26.8 Å². The number of benzene rings is 1. The zero-order valence-corrected chi connectivity index (χ0v) is 23.2. The minimum absolute atomic E-state index is 0.116. The van der Waals surface area contributed by atoms with Gasteiger partial charge in [0.05, 0.1) is 0 Å². The Balaban J connectivity index is 1.19. The minimum Gasteiger partial charge on any atom is -0.457 e. The SMILES string of the molecule is Cc1cc(Nc2ncnn3ccc(C4CN(C(=O)C(C#N)=CC(C)(C)C)C4)c23)ccc1Oc1ccn2ncnc2c1. The molecule has 1 aliphatic rings. The normalized spacial score (nSPS) is 14.2. The zero-order valence-electron chi connectivity index (χ0n) is 23.2. The van der Waals surface area contributed by atoms with Crippen LogP contribution in [0, 0.1) is 23.7 Å². The van der Waals surface area contributed by atoms with Gasteiger partial charge in [-0.05, 0) is 53.8 Å². The molecule has 0 spiro atoms. The number of pyridine rings is 1. The van der Waals surface area contributed by atoms with E-state index in [1.807, 2.05) is 70.3 Å².